The van der Waals surface area contributed by atoms with E-state index in [1.165, 1.54) is 4.68 Å². The van der Waals surface area contributed by atoms with Gasteiger partial charge in [0.05, 0.1) is 13.2 Å². The molecule has 20 heavy (non-hydrogen) atoms. The third-order valence-electron chi connectivity index (χ3n) is 3.34. The van der Waals surface area contributed by atoms with E-state index in [1.54, 1.807) is 9.47 Å². The van der Waals surface area contributed by atoms with Crippen LogP contribution < -0.4 is 0 Å². The second kappa shape index (κ2) is 6.73. The molecule has 0 amide bonds. The molecule has 1 heterocycles. The quantitative estimate of drug-likeness (QED) is 0.746. The van der Waals surface area contributed by atoms with E-state index in [0.717, 1.165) is 19.3 Å². The molecule has 0 atom stereocenters. The van der Waals surface area contributed by atoms with Gasteiger partial charge in [-0.1, -0.05) is 6.92 Å². The molecular formula is C12H20F2N4OS. The Morgan fingerprint density at radius 2 is 2.20 bits per heavy atom. The fraction of sp³-hybridized carbons (Fsp3) is 0.833. The molecule has 0 aliphatic heterocycles. The Bertz CT molecular complexity index is 498. The van der Waals surface area contributed by atoms with Crippen LogP contribution in [0.2, 0.25) is 0 Å². The van der Waals surface area contributed by atoms with Crippen LogP contribution in [0.15, 0.2) is 0 Å². The van der Waals surface area contributed by atoms with E-state index in [0.29, 0.717) is 17.1 Å². The lowest BCUT2D eigenvalue weighted by atomic mass is 10.4. The summed E-state index contributed by atoms with van der Waals surface area (Å²) in [5.74, 6) is 0.490. The Hall–Kier alpha value is -0.860. The molecule has 8 heteroatoms. The monoisotopic (exact) mass is 306 g/mol. The fourth-order valence-electron chi connectivity index (χ4n) is 2.25. The van der Waals surface area contributed by atoms with Gasteiger partial charge < -0.3 is 9.67 Å². The molecule has 5 nitrogen and oxygen atoms in total. The highest BCUT2D eigenvalue weighted by Crippen LogP contribution is 2.27. The van der Waals surface area contributed by atoms with E-state index in [9.17, 15) is 13.9 Å². The average molecular weight is 306 g/mol. The van der Waals surface area contributed by atoms with Crippen LogP contribution in [0.1, 0.15) is 32.0 Å². The van der Waals surface area contributed by atoms with Gasteiger partial charge in [0.1, 0.15) is 6.61 Å². The van der Waals surface area contributed by atoms with E-state index in [-0.39, 0.29) is 25.9 Å². The number of hydrogen-bond acceptors (Lipinski definition) is 4. The third-order valence-corrected chi connectivity index (χ3v) is 3.77. The van der Waals surface area contributed by atoms with Crippen molar-refractivity contribution in [1.29, 1.82) is 0 Å². The zero-order chi connectivity index (χ0) is 14.7. The van der Waals surface area contributed by atoms with Gasteiger partial charge in [-0.25, -0.2) is 13.5 Å². The molecule has 1 aromatic rings. The Kier molecular flexibility index (Phi) is 5.22. The second-order valence-electron chi connectivity index (χ2n) is 5.04. The third kappa shape index (κ3) is 3.62. The Morgan fingerprint density at radius 1 is 1.50 bits per heavy atom. The van der Waals surface area contributed by atoms with E-state index in [1.807, 2.05) is 6.92 Å². The minimum absolute atomic E-state index is 0.199. The molecule has 1 saturated carbocycles. The predicted octanol–water partition coefficient (Wildman–Crippen LogP) is 2.00. The van der Waals surface area contributed by atoms with Crippen LogP contribution in [0, 0.1) is 4.77 Å². The summed E-state index contributed by atoms with van der Waals surface area (Å²) in [5, 5.41) is 13.6. The molecule has 1 aromatic heterocycles. The lowest BCUT2D eigenvalue weighted by Crippen LogP contribution is -2.33. The van der Waals surface area contributed by atoms with Crippen molar-refractivity contribution in [3.05, 3.63) is 10.6 Å². The first kappa shape index (κ1) is 15.5. The van der Waals surface area contributed by atoms with Crippen LogP contribution in [0.4, 0.5) is 8.78 Å². The van der Waals surface area contributed by atoms with Gasteiger partial charge in [0.25, 0.3) is 6.43 Å². The van der Waals surface area contributed by atoms with Crippen molar-refractivity contribution in [2.24, 2.45) is 0 Å². The maximum atomic E-state index is 12.6. The molecule has 2 rings (SSSR count). The number of aromatic nitrogens is 3. The highest BCUT2D eigenvalue weighted by molar-refractivity contribution is 7.71. The molecule has 0 spiro atoms. The number of rotatable bonds is 8. The van der Waals surface area contributed by atoms with Crippen LogP contribution in [-0.4, -0.2) is 43.4 Å². The normalized spacial score (nSPS) is 15.5. The van der Waals surface area contributed by atoms with Crippen molar-refractivity contribution in [3.63, 3.8) is 0 Å². The molecule has 1 fully saturated rings. The summed E-state index contributed by atoms with van der Waals surface area (Å²) in [4.78, 5) is 1.71. The summed E-state index contributed by atoms with van der Waals surface area (Å²) < 4.78 is 29.0. The van der Waals surface area contributed by atoms with Crippen molar-refractivity contribution < 1.29 is 13.9 Å². The fourth-order valence-corrected chi connectivity index (χ4v) is 2.55. The number of aliphatic hydroxyl groups is 1. The van der Waals surface area contributed by atoms with Crippen LogP contribution in [0.25, 0.3) is 0 Å². The van der Waals surface area contributed by atoms with E-state index >= 15 is 0 Å². The molecule has 0 aromatic carbocycles. The van der Waals surface area contributed by atoms with Gasteiger partial charge in [0.2, 0.25) is 0 Å². The van der Waals surface area contributed by atoms with E-state index in [2.05, 4.69) is 5.10 Å². The van der Waals surface area contributed by atoms with Crippen molar-refractivity contribution in [2.75, 3.05) is 6.54 Å². The first-order valence-corrected chi connectivity index (χ1v) is 7.27. The Morgan fingerprint density at radius 3 is 2.70 bits per heavy atom. The smallest absolute Gasteiger partial charge is 0.251 e. The van der Waals surface area contributed by atoms with Gasteiger partial charge in [-0.2, -0.15) is 5.10 Å². The van der Waals surface area contributed by atoms with Gasteiger partial charge in [-0.15, -0.1) is 0 Å². The molecule has 0 radical (unpaired) electrons. The van der Waals surface area contributed by atoms with Crippen LogP contribution in [0.5, 0.6) is 0 Å². The van der Waals surface area contributed by atoms with Gasteiger partial charge >= 0.3 is 0 Å². The summed E-state index contributed by atoms with van der Waals surface area (Å²) in [6.45, 7) is 2.48. The Labute approximate surface area is 121 Å². The largest absolute Gasteiger partial charge is 0.388 e. The van der Waals surface area contributed by atoms with Crippen molar-refractivity contribution in [2.45, 2.75) is 58.5 Å². The number of alkyl halides is 2. The summed E-state index contributed by atoms with van der Waals surface area (Å²) >= 11 is 5.32. The highest BCUT2D eigenvalue weighted by atomic mass is 32.1. The lowest BCUT2D eigenvalue weighted by Gasteiger charge is -2.20. The van der Waals surface area contributed by atoms with Crippen LogP contribution >= 0.6 is 12.2 Å². The van der Waals surface area contributed by atoms with Gasteiger partial charge in [0, 0.05) is 12.6 Å². The zero-order valence-electron chi connectivity index (χ0n) is 11.5. The Balaban J connectivity index is 2.17. The molecule has 0 unspecified atom stereocenters. The molecule has 114 valence electrons. The van der Waals surface area contributed by atoms with Gasteiger partial charge in [-0.05, 0) is 31.5 Å². The topological polar surface area (TPSA) is 46.2 Å². The van der Waals surface area contributed by atoms with Crippen LogP contribution in [0.3, 0.4) is 0 Å². The highest BCUT2D eigenvalue weighted by Gasteiger charge is 2.31. The maximum Gasteiger partial charge on any atom is 0.251 e. The predicted molar refractivity (Wildman–Crippen MR) is 73.0 cm³/mol. The molecule has 0 saturated heterocycles. The van der Waals surface area contributed by atoms with Crippen molar-refractivity contribution in [1.82, 2.24) is 19.2 Å². The van der Waals surface area contributed by atoms with E-state index in [4.69, 9.17) is 12.2 Å². The standard InChI is InChI=1S/C12H20F2N4OS/c1-2-5-17-11(7-19)15-18(12(17)20)8-16(6-10(13)14)9-3-4-9/h9-10,19H,2-8H2,1H3. The number of halogens is 2. The number of hydrogen-bond donors (Lipinski definition) is 1. The summed E-state index contributed by atoms with van der Waals surface area (Å²) in [6, 6.07) is 0.208. The second-order valence-corrected chi connectivity index (χ2v) is 5.41. The van der Waals surface area contributed by atoms with Crippen molar-refractivity contribution in [3.8, 4) is 0 Å². The minimum atomic E-state index is -2.36. The minimum Gasteiger partial charge on any atom is -0.388 e. The summed E-state index contributed by atoms with van der Waals surface area (Å²) in [5.41, 5.74) is 0. The van der Waals surface area contributed by atoms with Gasteiger partial charge in [-0.3, -0.25) is 4.90 Å². The maximum absolute atomic E-state index is 12.6. The SMILES string of the molecule is CCCn1c(CO)nn(CN(CC(F)F)C2CC2)c1=S. The molecule has 0 bridgehead atoms. The summed E-state index contributed by atoms with van der Waals surface area (Å²) in [6.07, 6.45) is 0.404. The zero-order valence-corrected chi connectivity index (χ0v) is 12.3. The molecule has 1 aliphatic carbocycles. The average Bonchev–Trinajstić information content (AvgIpc) is 3.19. The van der Waals surface area contributed by atoms with Gasteiger partial charge in [0.15, 0.2) is 10.6 Å². The molecule has 1 N–H and O–H groups in total. The molecule has 1 aliphatic rings. The van der Waals surface area contributed by atoms with Crippen LogP contribution in [-0.2, 0) is 19.8 Å². The lowest BCUT2D eigenvalue weighted by molar-refractivity contribution is 0.0648. The first-order chi connectivity index (χ1) is 9.56. The first-order valence-electron chi connectivity index (χ1n) is 6.86. The summed E-state index contributed by atoms with van der Waals surface area (Å²) in [7, 11) is 0. The number of nitrogens with zero attached hydrogens (tertiary/aromatic N) is 4. The number of aliphatic hydroxyl groups excluding tert-OH is 1. The van der Waals surface area contributed by atoms with E-state index < -0.39 is 6.43 Å². The van der Waals surface area contributed by atoms with Crippen molar-refractivity contribution >= 4 is 12.2 Å². The molecular weight excluding hydrogens is 286 g/mol.